The molecule has 142 valence electrons. The van der Waals surface area contributed by atoms with Gasteiger partial charge in [-0.3, -0.25) is 4.79 Å². The van der Waals surface area contributed by atoms with E-state index in [1.54, 1.807) is 0 Å². The molecule has 1 heterocycles. The highest BCUT2D eigenvalue weighted by molar-refractivity contribution is 5.94. The van der Waals surface area contributed by atoms with Crippen molar-refractivity contribution in [1.82, 2.24) is 15.1 Å². The van der Waals surface area contributed by atoms with Crippen molar-refractivity contribution in [2.45, 2.75) is 57.9 Å². The van der Waals surface area contributed by atoms with Crippen LogP contribution in [-0.2, 0) is 0 Å². The molecule has 1 N–H and O–H groups in total. The van der Waals surface area contributed by atoms with Gasteiger partial charge in [0.2, 0.25) is 0 Å². The number of amides is 3. The Morgan fingerprint density at radius 1 is 0.923 bits per heavy atom. The van der Waals surface area contributed by atoms with E-state index in [2.05, 4.69) is 19.2 Å². The Hall–Kier alpha value is -2.04. The highest BCUT2D eigenvalue weighted by Crippen LogP contribution is 2.19. The first-order chi connectivity index (χ1) is 12.5. The van der Waals surface area contributed by atoms with Crippen LogP contribution in [0.1, 0.15) is 67.8 Å². The first-order valence-corrected chi connectivity index (χ1v) is 9.99. The SMILES string of the molecule is CC(C)c1ccc(C(=O)N2CCCN(C(=O)NC3CCCC3)CC2)cc1. The third-order valence-corrected chi connectivity index (χ3v) is 5.58. The van der Waals surface area contributed by atoms with Crippen molar-refractivity contribution in [3.8, 4) is 0 Å². The van der Waals surface area contributed by atoms with Crippen LogP contribution in [0.3, 0.4) is 0 Å². The first kappa shape index (κ1) is 18.7. The topological polar surface area (TPSA) is 52.7 Å². The zero-order valence-corrected chi connectivity index (χ0v) is 16.0. The lowest BCUT2D eigenvalue weighted by Crippen LogP contribution is -2.45. The lowest BCUT2D eigenvalue weighted by atomic mass is 10.0. The predicted molar refractivity (Wildman–Crippen MR) is 103 cm³/mol. The number of nitrogens with zero attached hydrogens (tertiary/aromatic N) is 2. The largest absolute Gasteiger partial charge is 0.337 e. The van der Waals surface area contributed by atoms with E-state index in [-0.39, 0.29) is 11.9 Å². The molecule has 1 aliphatic heterocycles. The minimum atomic E-state index is 0.0347. The molecular formula is C21H31N3O2. The van der Waals surface area contributed by atoms with Crippen LogP contribution >= 0.6 is 0 Å². The third kappa shape index (κ3) is 4.57. The minimum Gasteiger partial charge on any atom is -0.337 e. The summed E-state index contributed by atoms with van der Waals surface area (Å²) in [6.45, 7) is 6.93. The molecule has 2 fully saturated rings. The van der Waals surface area contributed by atoms with Crippen LogP contribution in [0.2, 0.25) is 0 Å². The van der Waals surface area contributed by atoms with Crippen molar-refractivity contribution in [2.75, 3.05) is 26.2 Å². The molecule has 0 spiro atoms. The van der Waals surface area contributed by atoms with E-state index in [1.165, 1.54) is 18.4 Å². The average molecular weight is 357 g/mol. The molecule has 5 heteroatoms. The van der Waals surface area contributed by atoms with Crippen LogP contribution < -0.4 is 5.32 Å². The molecule has 1 saturated carbocycles. The normalized spacial score (nSPS) is 18.9. The van der Waals surface area contributed by atoms with Gasteiger partial charge in [0.15, 0.2) is 0 Å². The molecule has 1 aliphatic carbocycles. The molecule has 1 aromatic rings. The summed E-state index contributed by atoms with van der Waals surface area (Å²) in [4.78, 5) is 29.0. The zero-order valence-electron chi connectivity index (χ0n) is 16.0. The van der Waals surface area contributed by atoms with Crippen LogP contribution in [0.5, 0.6) is 0 Å². The van der Waals surface area contributed by atoms with Crippen LogP contribution in [0, 0.1) is 0 Å². The second-order valence-electron chi connectivity index (χ2n) is 7.84. The molecule has 0 atom stereocenters. The highest BCUT2D eigenvalue weighted by atomic mass is 16.2. The standard InChI is InChI=1S/C21H31N3O2/c1-16(2)17-8-10-18(11-9-17)20(25)23-12-5-13-24(15-14-23)21(26)22-19-6-3-4-7-19/h8-11,16,19H,3-7,12-15H2,1-2H3,(H,22,26). The maximum atomic E-state index is 12.8. The third-order valence-electron chi connectivity index (χ3n) is 5.58. The summed E-state index contributed by atoms with van der Waals surface area (Å²) >= 11 is 0. The first-order valence-electron chi connectivity index (χ1n) is 9.99. The van der Waals surface area contributed by atoms with Crippen LogP contribution in [0.4, 0.5) is 4.79 Å². The van der Waals surface area contributed by atoms with E-state index in [4.69, 9.17) is 0 Å². The Kier molecular flexibility index (Phi) is 6.17. The number of nitrogens with one attached hydrogen (secondary N) is 1. The van der Waals surface area contributed by atoms with Crippen molar-refractivity contribution >= 4 is 11.9 Å². The van der Waals surface area contributed by atoms with Crippen LogP contribution in [0.15, 0.2) is 24.3 Å². The maximum Gasteiger partial charge on any atom is 0.317 e. The molecule has 0 unspecified atom stereocenters. The van der Waals surface area contributed by atoms with E-state index >= 15 is 0 Å². The van der Waals surface area contributed by atoms with E-state index < -0.39 is 0 Å². The van der Waals surface area contributed by atoms with Gasteiger partial charge in [-0.1, -0.05) is 38.8 Å². The monoisotopic (exact) mass is 357 g/mol. The van der Waals surface area contributed by atoms with Gasteiger partial charge in [0.05, 0.1) is 0 Å². The van der Waals surface area contributed by atoms with Gasteiger partial charge in [-0.15, -0.1) is 0 Å². The molecule has 1 aromatic carbocycles. The molecule has 3 amide bonds. The van der Waals surface area contributed by atoms with Gasteiger partial charge in [-0.05, 0) is 42.9 Å². The van der Waals surface area contributed by atoms with Gasteiger partial charge in [0, 0.05) is 37.8 Å². The summed E-state index contributed by atoms with van der Waals surface area (Å²) in [5.41, 5.74) is 1.98. The number of hydrogen-bond donors (Lipinski definition) is 1. The number of rotatable bonds is 3. The highest BCUT2D eigenvalue weighted by Gasteiger charge is 2.25. The molecule has 0 bridgehead atoms. The maximum absolute atomic E-state index is 12.8. The van der Waals surface area contributed by atoms with Crippen molar-refractivity contribution in [3.05, 3.63) is 35.4 Å². The van der Waals surface area contributed by atoms with Gasteiger partial charge in [0.1, 0.15) is 0 Å². The predicted octanol–water partition coefficient (Wildman–Crippen LogP) is 3.61. The summed E-state index contributed by atoms with van der Waals surface area (Å²) in [6, 6.07) is 8.30. The quantitative estimate of drug-likeness (QED) is 0.898. The molecule has 26 heavy (non-hydrogen) atoms. The number of carbonyl (C=O) groups is 2. The summed E-state index contributed by atoms with van der Waals surface area (Å²) < 4.78 is 0. The van der Waals surface area contributed by atoms with E-state index in [0.717, 1.165) is 24.8 Å². The average Bonchev–Trinajstić information content (AvgIpc) is 3.02. The van der Waals surface area contributed by atoms with Gasteiger partial charge < -0.3 is 15.1 Å². The molecular weight excluding hydrogens is 326 g/mol. The Balaban J connectivity index is 1.55. The zero-order chi connectivity index (χ0) is 18.5. The Morgan fingerprint density at radius 3 is 2.19 bits per heavy atom. The fourth-order valence-electron chi connectivity index (χ4n) is 3.85. The Bertz CT molecular complexity index is 621. The van der Waals surface area contributed by atoms with Crippen LogP contribution in [0.25, 0.3) is 0 Å². The lowest BCUT2D eigenvalue weighted by molar-refractivity contribution is 0.0762. The number of urea groups is 1. The smallest absolute Gasteiger partial charge is 0.317 e. The van der Waals surface area contributed by atoms with Gasteiger partial charge in [-0.25, -0.2) is 4.79 Å². The Labute approximate surface area is 156 Å². The van der Waals surface area contributed by atoms with Gasteiger partial charge >= 0.3 is 6.03 Å². The van der Waals surface area contributed by atoms with Crippen molar-refractivity contribution in [2.24, 2.45) is 0 Å². The van der Waals surface area contributed by atoms with E-state index in [0.29, 0.717) is 38.1 Å². The second-order valence-corrected chi connectivity index (χ2v) is 7.84. The summed E-state index contributed by atoms with van der Waals surface area (Å²) in [6.07, 6.45) is 5.44. The van der Waals surface area contributed by atoms with Crippen molar-refractivity contribution in [3.63, 3.8) is 0 Å². The van der Waals surface area contributed by atoms with Crippen LogP contribution in [-0.4, -0.2) is 54.0 Å². The molecule has 3 rings (SSSR count). The van der Waals surface area contributed by atoms with Crippen molar-refractivity contribution < 1.29 is 9.59 Å². The summed E-state index contributed by atoms with van der Waals surface area (Å²) in [5, 5.41) is 3.15. The minimum absolute atomic E-state index is 0.0347. The number of carbonyl (C=O) groups excluding carboxylic acids is 2. The molecule has 2 aliphatic rings. The van der Waals surface area contributed by atoms with E-state index in [1.807, 2.05) is 34.1 Å². The van der Waals surface area contributed by atoms with Gasteiger partial charge in [-0.2, -0.15) is 0 Å². The fraction of sp³-hybridized carbons (Fsp3) is 0.619. The molecule has 1 saturated heterocycles. The molecule has 0 aromatic heterocycles. The fourth-order valence-corrected chi connectivity index (χ4v) is 3.85. The summed E-state index contributed by atoms with van der Waals surface area (Å²) in [5.74, 6) is 0.530. The lowest BCUT2D eigenvalue weighted by Gasteiger charge is -2.24. The second kappa shape index (κ2) is 8.56. The number of hydrogen-bond acceptors (Lipinski definition) is 2. The van der Waals surface area contributed by atoms with Crippen molar-refractivity contribution in [1.29, 1.82) is 0 Å². The Morgan fingerprint density at radius 2 is 1.54 bits per heavy atom. The molecule has 5 nitrogen and oxygen atoms in total. The summed E-state index contributed by atoms with van der Waals surface area (Å²) in [7, 11) is 0. The van der Waals surface area contributed by atoms with E-state index in [9.17, 15) is 9.59 Å². The van der Waals surface area contributed by atoms with Gasteiger partial charge in [0.25, 0.3) is 5.91 Å². The number of benzene rings is 1. The molecule has 0 radical (unpaired) electrons.